The lowest BCUT2D eigenvalue weighted by Crippen LogP contribution is -2.37. The second-order valence-corrected chi connectivity index (χ2v) is 6.32. The minimum atomic E-state index is -0.680. The van der Waals surface area contributed by atoms with Crippen molar-refractivity contribution >= 4 is 16.6 Å². The molecule has 3 aromatic rings. The molecule has 0 aliphatic carbocycles. The van der Waals surface area contributed by atoms with Crippen LogP contribution in [-0.2, 0) is 6.54 Å². The summed E-state index contributed by atoms with van der Waals surface area (Å²) in [5, 5.41) is 1.66. The van der Waals surface area contributed by atoms with E-state index in [0.29, 0.717) is 5.56 Å². The van der Waals surface area contributed by atoms with Gasteiger partial charge in [0.1, 0.15) is 5.69 Å². The number of fused-ring (bicyclic) bond motifs is 1. The molecule has 2 aromatic carbocycles. The predicted octanol–water partition coefficient (Wildman–Crippen LogP) is 2.68. The molecule has 0 saturated heterocycles. The Bertz CT molecular complexity index is 1160. The van der Waals surface area contributed by atoms with Crippen LogP contribution in [0.5, 0.6) is 0 Å². The summed E-state index contributed by atoms with van der Waals surface area (Å²) in [4.78, 5) is 40.3. The number of carbonyl (C=O) groups excluding carboxylic acids is 1. The van der Waals surface area contributed by atoms with Crippen LogP contribution >= 0.6 is 0 Å². The zero-order valence-corrected chi connectivity index (χ0v) is 14.6. The number of nitrogens with one attached hydrogen (secondary N) is 1. The number of H-pyrrole nitrogens is 1. The molecular formula is C21H18N2O3. The van der Waals surface area contributed by atoms with Gasteiger partial charge in [0.2, 0.25) is 5.78 Å². The Labute approximate surface area is 150 Å². The minimum Gasteiger partial charge on any atom is -0.287 e. The van der Waals surface area contributed by atoms with E-state index in [9.17, 15) is 14.4 Å². The maximum absolute atomic E-state index is 13.4. The molecule has 5 nitrogen and oxygen atoms in total. The molecule has 5 heteroatoms. The van der Waals surface area contributed by atoms with E-state index in [1.54, 1.807) is 26.0 Å². The van der Waals surface area contributed by atoms with Gasteiger partial charge >= 0.3 is 5.69 Å². The van der Waals surface area contributed by atoms with Crippen molar-refractivity contribution in [3.05, 3.63) is 80.1 Å². The Balaban J connectivity index is 2.38. The minimum absolute atomic E-state index is 0.0584. The smallest absolute Gasteiger partial charge is 0.287 e. The molecule has 0 fully saturated rings. The molecule has 26 heavy (non-hydrogen) atoms. The van der Waals surface area contributed by atoms with Crippen LogP contribution in [0.25, 0.3) is 10.8 Å². The first-order chi connectivity index (χ1) is 12.5. The third kappa shape index (κ3) is 2.86. The van der Waals surface area contributed by atoms with Crippen LogP contribution in [0.2, 0.25) is 0 Å². The van der Waals surface area contributed by atoms with Gasteiger partial charge in [-0.25, -0.2) is 4.79 Å². The van der Waals surface area contributed by atoms with E-state index in [4.69, 9.17) is 6.42 Å². The number of benzene rings is 2. The highest BCUT2D eigenvalue weighted by molar-refractivity contribution is 6.16. The number of hydrogen-bond donors (Lipinski definition) is 1. The van der Waals surface area contributed by atoms with Crippen molar-refractivity contribution < 1.29 is 4.79 Å². The van der Waals surface area contributed by atoms with Gasteiger partial charge in [-0.05, 0) is 16.7 Å². The predicted molar refractivity (Wildman–Crippen MR) is 102 cm³/mol. The molecule has 0 atom stereocenters. The first kappa shape index (κ1) is 17.4. The van der Waals surface area contributed by atoms with Crippen molar-refractivity contribution in [1.82, 2.24) is 9.55 Å². The zero-order chi connectivity index (χ0) is 18.8. The van der Waals surface area contributed by atoms with Crippen molar-refractivity contribution in [2.75, 3.05) is 0 Å². The lowest BCUT2D eigenvalue weighted by Gasteiger charge is -2.16. The Hall–Kier alpha value is -3.39. The van der Waals surface area contributed by atoms with Crippen LogP contribution < -0.4 is 11.2 Å². The van der Waals surface area contributed by atoms with Crippen LogP contribution in [0.1, 0.15) is 41.4 Å². The third-order valence-electron chi connectivity index (χ3n) is 4.31. The van der Waals surface area contributed by atoms with E-state index in [1.165, 1.54) is 4.57 Å². The number of hydrogen-bond acceptors (Lipinski definition) is 3. The summed E-state index contributed by atoms with van der Waals surface area (Å²) in [6.45, 7) is 3.51. The average molecular weight is 346 g/mol. The monoisotopic (exact) mass is 346 g/mol. The average Bonchev–Trinajstić information content (AvgIpc) is 2.62. The van der Waals surface area contributed by atoms with Crippen molar-refractivity contribution in [2.24, 2.45) is 0 Å². The maximum atomic E-state index is 13.4. The highest BCUT2D eigenvalue weighted by Gasteiger charge is 2.25. The molecule has 0 aliphatic heterocycles. The van der Waals surface area contributed by atoms with Gasteiger partial charge in [0.25, 0.3) is 5.56 Å². The fraction of sp³-hybridized carbons (Fsp3) is 0.190. The molecule has 0 aliphatic rings. The number of rotatable bonds is 4. The van der Waals surface area contributed by atoms with Gasteiger partial charge < -0.3 is 0 Å². The largest absolute Gasteiger partial charge is 0.329 e. The first-order valence-corrected chi connectivity index (χ1v) is 8.28. The lowest BCUT2D eigenvalue weighted by atomic mass is 9.94. The first-order valence-electron chi connectivity index (χ1n) is 8.28. The summed E-state index contributed by atoms with van der Waals surface area (Å²) in [5.74, 6) is 1.75. The molecule has 0 saturated carbocycles. The van der Waals surface area contributed by atoms with Crippen molar-refractivity contribution in [2.45, 2.75) is 26.3 Å². The van der Waals surface area contributed by atoms with E-state index >= 15 is 0 Å². The van der Waals surface area contributed by atoms with Gasteiger partial charge in [-0.2, -0.15) is 0 Å². The Morgan fingerprint density at radius 1 is 1.15 bits per heavy atom. The third-order valence-corrected chi connectivity index (χ3v) is 4.31. The molecule has 0 spiro atoms. The standard InChI is InChI=1S/C21H18N2O3/c1-4-12-23-18(17(13(2)3)20(25)22-21(23)26)19(24)16-11-7-9-14-8-5-6-10-15(14)16/h1,5-11,13H,12H2,2-3H3,(H,22,25,26). The lowest BCUT2D eigenvalue weighted by molar-refractivity contribution is 0.102. The number of carbonyl (C=O) groups is 1. The zero-order valence-electron chi connectivity index (χ0n) is 14.6. The van der Waals surface area contributed by atoms with E-state index in [-0.39, 0.29) is 29.5 Å². The fourth-order valence-corrected chi connectivity index (χ4v) is 3.16. The molecule has 130 valence electrons. The second kappa shape index (κ2) is 6.85. The number of ketones is 1. The summed E-state index contributed by atoms with van der Waals surface area (Å²) in [7, 11) is 0. The summed E-state index contributed by atoms with van der Waals surface area (Å²) < 4.78 is 1.17. The molecular weight excluding hydrogens is 328 g/mol. The van der Waals surface area contributed by atoms with Gasteiger partial charge in [-0.15, -0.1) is 6.42 Å². The molecule has 1 N–H and O–H groups in total. The van der Waals surface area contributed by atoms with Crippen molar-refractivity contribution in [3.63, 3.8) is 0 Å². The highest BCUT2D eigenvalue weighted by Crippen LogP contribution is 2.24. The van der Waals surface area contributed by atoms with Crippen LogP contribution in [0.3, 0.4) is 0 Å². The molecule has 0 amide bonds. The molecule has 0 bridgehead atoms. The summed E-state index contributed by atoms with van der Waals surface area (Å²) in [6, 6.07) is 12.9. The van der Waals surface area contributed by atoms with Crippen LogP contribution in [0.15, 0.2) is 52.1 Å². The summed E-state index contributed by atoms with van der Waals surface area (Å²) in [5.41, 5.74) is -0.482. The van der Waals surface area contributed by atoms with Gasteiger partial charge in [0, 0.05) is 11.1 Å². The molecule has 3 rings (SSSR count). The van der Waals surface area contributed by atoms with Gasteiger partial charge in [0.05, 0.1) is 6.54 Å². The SMILES string of the molecule is C#CCn1c(C(=O)c2cccc3ccccc23)c(C(C)C)c(=O)[nH]c1=O. The van der Waals surface area contributed by atoms with Crippen LogP contribution in [0, 0.1) is 12.3 Å². The van der Waals surface area contributed by atoms with Crippen molar-refractivity contribution in [1.29, 1.82) is 0 Å². The van der Waals surface area contributed by atoms with Crippen LogP contribution in [0.4, 0.5) is 0 Å². The number of terminal acetylenes is 1. The number of aromatic amines is 1. The number of aromatic nitrogens is 2. The summed E-state index contributed by atoms with van der Waals surface area (Å²) >= 11 is 0. The normalized spacial score (nSPS) is 10.8. The fourth-order valence-electron chi connectivity index (χ4n) is 3.16. The van der Waals surface area contributed by atoms with Crippen molar-refractivity contribution in [3.8, 4) is 12.3 Å². The van der Waals surface area contributed by atoms with Gasteiger partial charge in [0.15, 0.2) is 0 Å². The highest BCUT2D eigenvalue weighted by atomic mass is 16.2. The molecule has 0 unspecified atom stereocenters. The molecule has 1 heterocycles. The topological polar surface area (TPSA) is 71.9 Å². The van der Waals surface area contributed by atoms with E-state index in [1.807, 2.05) is 30.3 Å². The van der Waals surface area contributed by atoms with Crippen LogP contribution in [-0.4, -0.2) is 15.3 Å². The van der Waals surface area contributed by atoms with Gasteiger partial charge in [-0.3, -0.25) is 19.1 Å². The second-order valence-electron chi connectivity index (χ2n) is 6.32. The molecule has 0 radical (unpaired) electrons. The number of nitrogens with zero attached hydrogens (tertiary/aromatic N) is 1. The van der Waals surface area contributed by atoms with Gasteiger partial charge in [-0.1, -0.05) is 62.2 Å². The van der Waals surface area contributed by atoms with E-state index < -0.39 is 11.2 Å². The maximum Gasteiger partial charge on any atom is 0.329 e. The Kier molecular flexibility index (Phi) is 4.59. The Morgan fingerprint density at radius 3 is 2.54 bits per heavy atom. The summed E-state index contributed by atoms with van der Waals surface area (Å²) in [6.07, 6.45) is 5.38. The van der Waals surface area contributed by atoms with E-state index in [2.05, 4.69) is 10.9 Å². The molecule has 1 aromatic heterocycles. The quantitative estimate of drug-likeness (QED) is 0.583. The van der Waals surface area contributed by atoms with E-state index in [0.717, 1.165) is 10.8 Å². The Morgan fingerprint density at radius 2 is 1.85 bits per heavy atom.